The summed E-state index contributed by atoms with van der Waals surface area (Å²) in [7, 11) is 0. The van der Waals surface area contributed by atoms with Gasteiger partial charge >= 0.3 is 0 Å². The normalized spacial score (nSPS) is 12.4. The number of carbonyl (C=O) groups excluding carboxylic acids is 2. The Morgan fingerprint density at radius 3 is 2.76 bits per heavy atom. The molecule has 1 aliphatic heterocycles. The van der Waals surface area contributed by atoms with Gasteiger partial charge < -0.3 is 14.8 Å². The maximum Gasteiger partial charge on any atom is 0.271 e. The molecule has 0 radical (unpaired) electrons. The summed E-state index contributed by atoms with van der Waals surface area (Å²) in [5.41, 5.74) is 1.18. The second kappa shape index (κ2) is 8.71. The average Bonchev–Trinajstić information content (AvgIpc) is 3.35. The Hall–Kier alpha value is -2.77. The average molecular weight is 451 g/mol. The van der Waals surface area contributed by atoms with Crippen LogP contribution in [0.4, 0.5) is 10.8 Å². The zero-order chi connectivity index (χ0) is 20.2. The highest BCUT2D eigenvalue weighted by Gasteiger charge is 2.17. The van der Waals surface area contributed by atoms with E-state index in [-0.39, 0.29) is 17.6 Å². The first-order valence-electron chi connectivity index (χ1n) is 8.34. The Morgan fingerprint density at radius 1 is 1.14 bits per heavy atom. The van der Waals surface area contributed by atoms with Gasteiger partial charge in [0.25, 0.3) is 5.91 Å². The predicted octanol–water partition coefficient (Wildman–Crippen LogP) is 2.45. The first-order chi connectivity index (χ1) is 14.1. The highest BCUT2D eigenvalue weighted by atomic mass is 32.2. The van der Waals surface area contributed by atoms with Crippen LogP contribution in [0.2, 0.25) is 0 Å². The highest BCUT2D eigenvalue weighted by molar-refractivity contribution is 8.01. The summed E-state index contributed by atoms with van der Waals surface area (Å²) in [6.07, 6.45) is 0. The zero-order valence-corrected chi connectivity index (χ0v) is 17.4. The number of nitrogens with one attached hydrogen (secondary N) is 2. The van der Waals surface area contributed by atoms with E-state index in [9.17, 15) is 9.59 Å². The summed E-state index contributed by atoms with van der Waals surface area (Å²) in [6.45, 7) is 2.70. The number of amides is 2. The van der Waals surface area contributed by atoms with E-state index in [1.165, 1.54) is 23.1 Å². The van der Waals surface area contributed by atoms with Gasteiger partial charge in [0.2, 0.25) is 11.0 Å². The van der Waals surface area contributed by atoms with Crippen molar-refractivity contribution in [2.45, 2.75) is 11.3 Å². The van der Waals surface area contributed by atoms with Crippen molar-refractivity contribution in [1.82, 2.24) is 19.8 Å². The van der Waals surface area contributed by atoms with Crippen LogP contribution in [0.1, 0.15) is 15.4 Å². The molecule has 3 heterocycles. The maximum absolute atomic E-state index is 12.2. The molecule has 0 atom stereocenters. The molecule has 1 aromatic carbocycles. The molecule has 2 N–H and O–H groups in total. The molecule has 13 heteroatoms. The van der Waals surface area contributed by atoms with E-state index in [4.69, 9.17) is 9.47 Å². The second-order valence-electron chi connectivity index (χ2n) is 5.71. The minimum absolute atomic E-state index is 0.148. The Kier molecular flexibility index (Phi) is 5.87. The lowest BCUT2D eigenvalue weighted by Crippen LogP contribution is -2.17. The molecule has 0 spiro atoms. The van der Waals surface area contributed by atoms with Crippen LogP contribution in [0.3, 0.4) is 0 Å². The molecule has 0 unspecified atom stereocenters. The van der Waals surface area contributed by atoms with Crippen molar-refractivity contribution in [3.63, 3.8) is 0 Å². The van der Waals surface area contributed by atoms with Crippen molar-refractivity contribution in [3.8, 4) is 11.5 Å². The molecule has 0 aliphatic carbocycles. The number of nitrogens with zero attached hydrogens (tertiary/aromatic N) is 4. The largest absolute Gasteiger partial charge is 0.486 e. The van der Waals surface area contributed by atoms with E-state index < -0.39 is 0 Å². The minimum Gasteiger partial charge on any atom is -0.486 e. The third-order valence-electron chi connectivity index (χ3n) is 3.64. The molecule has 2 aromatic heterocycles. The summed E-state index contributed by atoms with van der Waals surface area (Å²) in [6, 6.07) is 5.24. The van der Waals surface area contributed by atoms with Crippen molar-refractivity contribution < 1.29 is 19.1 Å². The van der Waals surface area contributed by atoms with Crippen molar-refractivity contribution in [2.24, 2.45) is 0 Å². The molecule has 10 nitrogen and oxygen atoms in total. The van der Waals surface area contributed by atoms with Gasteiger partial charge in [0.1, 0.15) is 18.1 Å². The molecule has 0 fully saturated rings. The molecular weight excluding hydrogens is 436 g/mol. The van der Waals surface area contributed by atoms with E-state index >= 15 is 0 Å². The van der Waals surface area contributed by atoms with E-state index in [0.717, 1.165) is 11.5 Å². The first-order valence-corrected chi connectivity index (χ1v) is 10.9. The lowest BCUT2D eigenvalue weighted by molar-refractivity contribution is -0.113. The van der Waals surface area contributed by atoms with Gasteiger partial charge in [0.15, 0.2) is 15.8 Å². The Labute approximate surface area is 177 Å². The van der Waals surface area contributed by atoms with E-state index in [2.05, 4.69) is 30.4 Å². The van der Waals surface area contributed by atoms with Crippen molar-refractivity contribution in [3.05, 3.63) is 28.8 Å². The van der Waals surface area contributed by atoms with E-state index in [1.54, 1.807) is 25.1 Å². The summed E-state index contributed by atoms with van der Waals surface area (Å²) in [4.78, 5) is 24.8. The quantitative estimate of drug-likeness (QED) is 0.430. The summed E-state index contributed by atoms with van der Waals surface area (Å²) in [5, 5.41) is 17.5. The fourth-order valence-electron chi connectivity index (χ4n) is 2.36. The van der Waals surface area contributed by atoms with Crippen LogP contribution in [0.5, 0.6) is 11.5 Å². The van der Waals surface area contributed by atoms with E-state index in [0.29, 0.717) is 50.4 Å². The van der Waals surface area contributed by atoms with Crippen LogP contribution < -0.4 is 20.1 Å². The van der Waals surface area contributed by atoms with Crippen LogP contribution in [-0.2, 0) is 4.79 Å². The Balaban J connectivity index is 1.29. The molecule has 3 aromatic rings. The van der Waals surface area contributed by atoms with E-state index in [1.807, 2.05) is 0 Å². The fourth-order valence-corrected chi connectivity index (χ4v) is 4.46. The van der Waals surface area contributed by atoms with Crippen molar-refractivity contribution >= 4 is 57.3 Å². The molecule has 1 aliphatic rings. The van der Waals surface area contributed by atoms with Crippen molar-refractivity contribution in [1.29, 1.82) is 0 Å². The molecule has 0 bridgehead atoms. The first kappa shape index (κ1) is 19.5. The number of fused-ring (bicyclic) bond motifs is 1. The number of thioether (sulfide) groups is 1. The lowest BCUT2D eigenvalue weighted by atomic mass is 10.2. The molecule has 0 saturated heterocycles. The molecule has 4 rings (SSSR count). The number of aryl methyl sites for hydroxylation is 1. The number of hydrogen-bond acceptors (Lipinski definition) is 11. The SMILES string of the molecule is Cc1nnsc1C(=O)Nc1nnc(SCC(=O)Nc2ccc3c(c2)OCCO3)s1. The number of benzene rings is 1. The number of hydrogen-bond donors (Lipinski definition) is 2. The van der Waals surface area contributed by atoms with Gasteiger partial charge in [-0.05, 0) is 30.6 Å². The highest BCUT2D eigenvalue weighted by Crippen LogP contribution is 2.33. The van der Waals surface area contributed by atoms with Gasteiger partial charge in [-0.3, -0.25) is 14.9 Å². The number of anilines is 2. The summed E-state index contributed by atoms with van der Waals surface area (Å²) < 4.78 is 15.3. The van der Waals surface area contributed by atoms with Crippen molar-refractivity contribution in [2.75, 3.05) is 29.6 Å². The van der Waals surface area contributed by atoms with Gasteiger partial charge in [0.05, 0.1) is 11.4 Å². The van der Waals surface area contributed by atoms with Crippen LogP contribution in [-0.4, -0.2) is 50.6 Å². The second-order valence-corrected chi connectivity index (χ2v) is 8.66. The monoisotopic (exact) mass is 450 g/mol. The third kappa shape index (κ3) is 4.81. The topological polar surface area (TPSA) is 128 Å². The van der Waals surface area contributed by atoms with Gasteiger partial charge in [-0.25, -0.2) is 0 Å². The van der Waals surface area contributed by atoms with Gasteiger partial charge in [-0.1, -0.05) is 27.6 Å². The standard InChI is InChI=1S/C16H14N6O4S3/c1-8-13(29-22-19-8)14(24)18-15-20-21-16(28-15)27-7-12(23)17-9-2-3-10-11(6-9)26-5-4-25-10/h2-3,6H,4-5,7H2,1H3,(H,17,23)(H,18,20,24). The number of rotatable bonds is 6. The number of ether oxygens (including phenoxy) is 2. The zero-order valence-electron chi connectivity index (χ0n) is 15.0. The molecule has 2 amide bonds. The summed E-state index contributed by atoms with van der Waals surface area (Å²) >= 11 is 3.43. The maximum atomic E-state index is 12.2. The molecular formula is C16H14N6O4S3. The minimum atomic E-state index is -0.332. The number of carbonyl (C=O) groups is 2. The lowest BCUT2D eigenvalue weighted by Gasteiger charge is -2.18. The van der Waals surface area contributed by atoms with Gasteiger partial charge in [-0.2, -0.15) is 0 Å². The van der Waals surface area contributed by atoms with Crippen LogP contribution >= 0.6 is 34.6 Å². The third-order valence-corrected chi connectivity index (χ3v) is 6.44. The smallest absolute Gasteiger partial charge is 0.271 e. The van der Waals surface area contributed by atoms with Crippen LogP contribution in [0, 0.1) is 6.92 Å². The molecule has 29 heavy (non-hydrogen) atoms. The van der Waals surface area contributed by atoms with Gasteiger partial charge in [0, 0.05) is 11.8 Å². The van der Waals surface area contributed by atoms with Crippen LogP contribution in [0.25, 0.3) is 0 Å². The Bertz CT molecular complexity index is 1050. The Morgan fingerprint density at radius 2 is 1.97 bits per heavy atom. The summed E-state index contributed by atoms with van der Waals surface area (Å²) in [5.74, 6) is 0.892. The number of aromatic nitrogens is 4. The van der Waals surface area contributed by atoms with Crippen LogP contribution in [0.15, 0.2) is 22.5 Å². The predicted molar refractivity (Wildman–Crippen MR) is 109 cm³/mol. The fraction of sp³-hybridized carbons (Fsp3) is 0.250. The molecule has 150 valence electrons. The van der Waals surface area contributed by atoms with Gasteiger partial charge in [-0.15, -0.1) is 15.3 Å². The molecule has 0 saturated carbocycles.